The number of ether oxygens (including phenoxy) is 1. The van der Waals surface area contributed by atoms with Gasteiger partial charge in [-0.1, -0.05) is 12.1 Å². The number of aromatic amines is 1. The highest BCUT2D eigenvalue weighted by molar-refractivity contribution is 5.87. The molecule has 0 bridgehead atoms. The van der Waals surface area contributed by atoms with E-state index in [0.29, 0.717) is 31.8 Å². The van der Waals surface area contributed by atoms with Crippen molar-refractivity contribution in [3.63, 3.8) is 0 Å². The summed E-state index contributed by atoms with van der Waals surface area (Å²) in [5.74, 6) is 0.720. The molecule has 1 saturated heterocycles. The number of rotatable bonds is 7. The van der Waals surface area contributed by atoms with Crippen LogP contribution in [0.1, 0.15) is 30.4 Å². The van der Waals surface area contributed by atoms with Crippen LogP contribution in [0.4, 0.5) is 5.82 Å². The molecule has 2 amide bonds. The number of fused-ring (bicyclic) bond motifs is 2. The van der Waals surface area contributed by atoms with E-state index in [-0.39, 0.29) is 18.4 Å². The molecule has 11 nitrogen and oxygen atoms in total. The lowest BCUT2D eigenvalue weighted by atomic mass is 9.98. The number of carbonyl (C=O) groups is 2. The van der Waals surface area contributed by atoms with E-state index in [2.05, 4.69) is 30.9 Å². The molecule has 1 aromatic carbocycles. The van der Waals surface area contributed by atoms with Crippen LogP contribution in [-0.4, -0.2) is 68.4 Å². The van der Waals surface area contributed by atoms with Crippen molar-refractivity contribution in [2.24, 2.45) is 11.5 Å². The predicted octanol–water partition coefficient (Wildman–Crippen LogP) is 0.488. The first-order chi connectivity index (χ1) is 16.5. The van der Waals surface area contributed by atoms with Crippen molar-refractivity contribution in [1.82, 2.24) is 24.8 Å². The zero-order valence-electron chi connectivity index (χ0n) is 18.8. The molecule has 2 aliphatic heterocycles. The third-order valence-electron chi connectivity index (χ3n) is 6.56. The molecule has 0 saturated carbocycles. The summed E-state index contributed by atoms with van der Waals surface area (Å²) in [4.78, 5) is 44.0. The van der Waals surface area contributed by atoms with Crippen molar-refractivity contribution in [2.75, 3.05) is 24.6 Å². The van der Waals surface area contributed by atoms with Crippen LogP contribution >= 0.6 is 0 Å². The van der Waals surface area contributed by atoms with Crippen LogP contribution in [0.25, 0.3) is 11.2 Å². The van der Waals surface area contributed by atoms with Crippen molar-refractivity contribution >= 4 is 28.8 Å². The van der Waals surface area contributed by atoms with Gasteiger partial charge in [-0.3, -0.25) is 9.59 Å². The highest BCUT2D eigenvalue weighted by Crippen LogP contribution is 2.31. The Morgan fingerprint density at radius 1 is 1.24 bits per heavy atom. The molecule has 2 aromatic heterocycles. The second-order valence-corrected chi connectivity index (χ2v) is 8.78. The fraction of sp³-hybridized carbons (Fsp3) is 0.435. The highest BCUT2D eigenvalue weighted by atomic mass is 16.5. The number of nitrogens with two attached hydrogens (primary N) is 2. The average Bonchev–Trinajstić information content (AvgIpc) is 3.50. The Morgan fingerprint density at radius 2 is 2.12 bits per heavy atom. The molecule has 0 radical (unpaired) electrons. The van der Waals surface area contributed by atoms with Crippen LogP contribution in [0, 0.1) is 0 Å². The number of aromatic nitrogens is 4. The Kier molecular flexibility index (Phi) is 6.01. The molecule has 11 heteroatoms. The number of H-pyrrole nitrogens is 1. The minimum atomic E-state index is -0.925. The van der Waals surface area contributed by atoms with Gasteiger partial charge in [0.1, 0.15) is 24.2 Å². The summed E-state index contributed by atoms with van der Waals surface area (Å²) >= 11 is 0. The third-order valence-corrected chi connectivity index (χ3v) is 6.56. The molecule has 4 heterocycles. The van der Waals surface area contributed by atoms with Crippen LogP contribution in [-0.2, 0) is 22.6 Å². The maximum atomic E-state index is 12.7. The van der Waals surface area contributed by atoms with Crippen LogP contribution in [0.3, 0.4) is 0 Å². The summed E-state index contributed by atoms with van der Waals surface area (Å²) in [6.07, 6.45) is 5.74. The SMILES string of the molecule is NC(=O)CC(N)C(=O)N1CCc2cccc(OC[C@H]3CCCN3c3ncnc4[nH]cnc34)c2C1. The van der Waals surface area contributed by atoms with Gasteiger partial charge in [0, 0.05) is 25.2 Å². The van der Waals surface area contributed by atoms with Crippen molar-refractivity contribution < 1.29 is 14.3 Å². The standard InChI is InChI=1S/C23H28N8O3/c24-17(9-19(25)32)23(33)30-8-6-14-3-1-5-18(16(14)10-30)34-11-15-4-2-7-31(15)22-20-21(27-12-26-20)28-13-29-22/h1,3,5,12-13,15,17H,2,4,6-11,24H2,(H2,25,32)(H,26,27,28,29)/t15-,17?/m1/s1. The molecular weight excluding hydrogens is 436 g/mol. The van der Waals surface area contributed by atoms with Crippen molar-refractivity contribution in [3.05, 3.63) is 42.0 Å². The quantitative estimate of drug-likeness (QED) is 0.456. The molecule has 2 atom stereocenters. The van der Waals surface area contributed by atoms with Crippen LogP contribution in [0.15, 0.2) is 30.9 Å². The van der Waals surface area contributed by atoms with Crippen molar-refractivity contribution in [1.29, 1.82) is 0 Å². The highest BCUT2D eigenvalue weighted by Gasteiger charge is 2.30. The first-order valence-electron chi connectivity index (χ1n) is 11.5. The molecule has 5 N–H and O–H groups in total. The molecular formula is C23H28N8O3. The number of imidazole rings is 1. The number of anilines is 1. The molecule has 34 heavy (non-hydrogen) atoms. The molecule has 1 unspecified atom stereocenters. The number of nitrogens with zero attached hydrogens (tertiary/aromatic N) is 5. The van der Waals surface area contributed by atoms with Gasteiger partial charge >= 0.3 is 0 Å². The lowest BCUT2D eigenvalue weighted by Gasteiger charge is -2.32. The molecule has 5 rings (SSSR count). The monoisotopic (exact) mass is 464 g/mol. The van der Waals surface area contributed by atoms with Gasteiger partial charge in [-0.25, -0.2) is 15.0 Å². The smallest absolute Gasteiger partial charge is 0.240 e. The number of hydrogen-bond donors (Lipinski definition) is 3. The Labute approximate surface area is 196 Å². The molecule has 3 aromatic rings. The maximum Gasteiger partial charge on any atom is 0.240 e. The van der Waals surface area contributed by atoms with Gasteiger partial charge in [0.25, 0.3) is 0 Å². The second kappa shape index (κ2) is 9.26. The van der Waals surface area contributed by atoms with E-state index in [1.165, 1.54) is 0 Å². The Morgan fingerprint density at radius 3 is 2.97 bits per heavy atom. The second-order valence-electron chi connectivity index (χ2n) is 8.78. The minimum absolute atomic E-state index is 0.149. The van der Waals surface area contributed by atoms with E-state index in [9.17, 15) is 9.59 Å². The Balaban J connectivity index is 1.30. The molecule has 1 fully saturated rings. The topological polar surface area (TPSA) is 156 Å². The summed E-state index contributed by atoms with van der Waals surface area (Å²) in [6, 6.07) is 5.20. The fourth-order valence-corrected chi connectivity index (χ4v) is 4.85. The molecule has 0 spiro atoms. The third kappa shape index (κ3) is 4.26. The van der Waals surface area contributed by atoms with E-state index in [4.69, 9.17) is 16.2 Å². The molecule has 2 aliphatic rings. The van der Waals surface area contributed by atoms with E-state index in [0.717, 1.165) is 47.6 Å². The number of nitrogens with one attached hydrogen (secondary N) is 1. The molecule has 178 valence electrons. The minimum Gasteiger partial charge on any atom is -0.491 e. The normalized spacial score (nSPS) is 18.7. The van der Waals surface area contributed by atoms with Gasteiger partial charge in [-0.05, 0) is 30.9 Å². The zero-order valence-corrected chi connectivity index (χ0v) is 18.8. The Bertz CT molecular complexity index is 1210. The molecule has 0 aliphatic carbocycles. The van der Waals surface area contributed by atoms with Gasteiger partial charge in [0.05, 0.1) is 24.8 Å². The van der Waals surface area contributed by atoms with Crippen molar-refractivity contribution in [3.8, 4) is 5.75 Å². The summed E-state index contributed by atoms with van der Waals surface area (Å²) in [7, 11) is 0. The van der Waals surface area contributed by atoms with Gasteiger partial charge in [-0.15, -0.1) is 0 Å². The van der Waals surface area contributed by atoms with Gasteiger partial charge in [0.2, 0.25) is 11.8 Å². The predicted molar refractivity (Wildman–Crippen MR) is 125 cm³/mol. The van der Waals surface area contributed by atoms with Gasteiger partial charge in [-0.2, -0.15) is 0 Å². The summed E-state index contributed by atoms with van der Waals surface area (Å²) in [5, 5.41) is 0. The summed E-state index contributed by atoms with van der Waals surface area (Å²) in [6.45, 7) is 2.30. The first kappa shape index (κ1) is 22.1. The number of hydrogen-bond acceptors (Lipinski definition) is 8. The summed E-state index contributed by atoms with van der Waals surface area (Å²) in [5.41, 5.74) is 14.7. The fourth-order valence-electron chi connectivity index (χ4n) is 4.85. The van der Waals surface area contributed by atoms with Gasteiger partial charge in [0.15, 0.2) is 11.5 Å². The number of amides is 2. The maximum absolute atomic E-state index is 12.7. The number of benzene rings is 1. The first-order valence-corrected chi connectivity index (χ1v) is 11.5. The van der Waals surface area contributed by atoms with E-state index in [1.54, 1.807) is 17.6 Å². The zero-order chi connectivity index (χ0) is 23.7. The van der Waals surface area contributed by atoms with E-state index < -0.39 is 11.9 Å². The van der Waals surface area contributed by atoms with Crippen LogP contribution in [0.5, 0.6) is 5.75 Å². The Hall–Kier alpha value is -3.73. The van der Waals surface area contributed by atoms with E-state index in [1.807, 2.05) is 12.1 Å². The number of carbonyl (C=O) groups excluding carboxylic acids is 2. The lowest BCUT2D eigenvalue weighted by molar-refractivity contribution is -0.135. The largest absolute Gasteiger partial charge is 0.491 e. The average molecular weight is 465 g/mol. The van der Waals surface area contributed by atoms with Crippen molar-refractivity contribution in [2.45, 2.75) is 44.3 Å². The number of primary amides is 1. The van der Waals surface area contributed by atoms with E-state index >= 15 is 0 Å². The van der Waals surface area contributed by atoms with Crippen LogP contribution < -0.4 is 21.1 Å². The van der Waals surface area contributed by atoms with Gasteiger partial charge < -0.3 is 31.0 Å². The lowest BCUT2D eigenvalue weighted by Crippen LogP contribution is -2.47. The van der Waals surface area contributed by atoms with Crippen LogP contribution in [0.2, 0.25) is 0 Å². The summed E-state index contributed by atoms with van der Waals surface area (Å²) < 4.78 is 6.33.